The first kappa shape index (κ1) is 66.7. The Hall–Kier alpha value is -15.1. The molecule has 116 heavy (non-hydrogen) atoms. The van der Waals surface area contributed by atoms with Crippen LogP contribution in [0.3, 0.4) is 0 Å². The van der Waals surface area contributed by atoms with E-state index in [9.17, 15) is 0 Å². The molecule has 3 aromatic heterocycles. The van der Waals surface area contributed by atoms with Crippen molar-refractivity contribution in [3.8, 4) is 135 Å². The Kier molecular flexibility index (Phi) is 15.2. The summed E-state index contributed by atoms with van der Waals surface area (Å²) in [5.41, 5.74) is 36.1. The summed E-state index contributed by atoms with van der Waals surface area (Å²) in [5.74, 6) is 1.94. The van der Waals surface area contributed by atoms with Crippen LogP contribution in [0.2, 0.25) is 0 Å². The van der Waals surface area contributed by atoms with Crippen LogP contribution in [-0.2, 0) is 5.41 Å². The van der Waals surface area contributed by atoms with Gasteiger partial charge in [0.1, 0.15) is 0 Å². The summed E-state index contributed by atoms with van der Waals surface area (Å²) in [6, 6.07) is 145. The van der Waals surface area contributed by atoms with Crippen LogP contribution in [0.5, 0.6) is 0 Å². The first-order valence-corrected chi connectivity index (χ1v) is 40.0. The molecule has 0 spiro atoms. The van der Waals surface area contributed by atoms with E-state index >= 15 is 0 Å². The number of para-hydroxylation sites is 1. The molecule has 0 saturated carbocycles. The average Bonchev–Trinajstić information content (AvgIpc) is 1.54. The quantitative estimate of drug-likeness (QED) is 0.129. The lowest BCUT2D eigenvalue weighted by molar-refractivity contribution is 0.660. The summed E-state index contributed by atoms with van der Waals surface area (Å²) in [4.78, 5) is 17.3. The molecule has 3 aliphatic carbocycles. The fourth-order valence-electron chi connectivity index (χ4n) is 19.3. The fourth-order valence-corrected chi connectivity index (χ4v) is 19.3. The molecule has 3 aliphatic rings. The minimum absolute atomic E-state index is 0.0797. The second-order valence-corrected chi connectivity index (χ2v) is 31.2. The van der Waals surface area contributed by atoms with Gasteiger partial charge in [-0.2, -0.15) is 0 Å². The van der Waals surface area contributed by atoms with Crippen LogP contribution in [0.4, 0.5) is 17.1 Å². The predicted molar refractivity (Wildman–Crippen MR) is 484 cm³/mol. The van der Waals surface area contributed by atoms with Crippen LogP contribution in [0.25, 0.3) is 200 Å². The van der Waals surface area contributed by atoms with E-state index in [1.165, 1.54) is 165 Å². The highest BCUT2D eigenvalue weighted by molar-refractivity contribution is 6.34. The second-order valence-electron chi connectivity index (χ2n) is 31.2. The summed E-state index contributed by atoms with van der Waals surface area (Å²) in [6.07, 6.45) is 0. The SMILES string of the molecule is CC1(C)c2ccccc2-c2ccc(N(c3ccccc3)c3ccc(-c4ccc(-n5c6cccc7c6c6c8c(cccc8c(-c8ccccc8)cc65)-c5ccccc5-7)cc4)cc3)cc21.c1ccc(-c2nc(-c3ccccc3)nc(-c3ccc(-n4c5cccc6c5c5c7c(cccc7c(-c7ccccc7)cc54)-c4ccccc4-6)cc3)n2)cc1. The van der Waals surface area contributed by atoms with Gasteiger partial charge in [-0.15, -0.1) is 0 Å². The standard InChI is InChI=1S/C61H42N2.C49H30N4/c1-61(2)54-25-12-11-21-48(54)49-36-35-45(37-55(49)61)62(42-17-7-4-8-18-42)43-31-27-39(28-32-43)40-29-33-44(34-30-40)63-56-26-14-24-51-47-20-10-9-19-46(47)50-22-13-23-52-53(41-15-5-3-6-16-41)38-57(63)60(58(50)52)59(51)56;1-4-14-31(15-5-1)41-30-43-46-44-38(22-12-23-40(41)44)36-20-10-11-21-37(36)39-24-13-25-42(45(39)46)53(43)35-28-26-34(27-29-35)49-51-47(32-16-6-2-7-17-32)50-48(52-49)33-18-8-3-9-19-33/h3-38H,1-2H3;1-30H. The van der Waals surface area contributed by atoms with E-state index in [1.54, 1.807) is 0 Å². The van der Waals surface area contributed by atoms with E-state index in [4.69, 9.17) is 15.0 Å². The van der Waals surface area contributed by atoms with E-state index in [2.05, 4.69) is 368 Å². The van der Waals surface area contributed by atoms with Crippen molar-refractivity contribution in [1.29, 1.82) is 0 Å². The van der Waals surface area contributed by atoms with Gasteiger partial charge in [0.2, 0.25) is 0 Å². The first-order chi connectivity index (χ1) is 57.3. The maximum atomic E-state index is 4.99. The Morgan fingerprint density at radius 3 is 0.983 bits per heavy atom. The number of rotatable bonds is 11. The summed E-state index contributed by atoms with van der Waals surface area (Å²) >= 11 is 0. The fraction of sp³-hybridized carbons (Fsp3) is 0.0273. The van der Waals surface area contributed by atoms with Crippen molar-refractivity contribution in [2.75, 3.05) is 4.90 Å². The van der Waals surface area contributed by atoms with Gasteiger partial charge in [0, 0.05) is 82.9 Å². The van der Waals surface area contributed by atoms with Gasteiger partial charge in [-0.3, -0.25) is 0 Å². The van der Waals surface area contributed by atoms with Crippen molar-refractivity contribution in [2.24, 2.45) is 0 Å². The van der Waals surface area contributed by atoms with Gasteiger partial charge in [0.05, 0.1) is 22.1 Å². The van der Waals surface area contributed by atoms with Gasteiger partial charge in [0.15, 0.2) is 17.5 Å². The number of hydrogen-bond donors (Lipinski definition) is 0. The number of aromatic nitrogens is 5. The highest BCUT2D eigenvalue weighted by Crippen LogP contribution is 2.56. The molecule has 24 rings (SSSR count). The van der Waals surface area contributed by atoms with Gasteiger partial charge in [0.25, 0.3) is 0 Å². The molecule has 0 atom stereocenters. The number of benzene rings is 18. The predicted octanol–water partition coefficient (Wildman–Crippen LogP) is 29.1. The number of nitrogens with zero attached hydrogens (tertiary/aromatic N) is 6. The van der Waals surface area contributed by atoms with Crippen LogP contribution in [-0.4, -0.2) is 24.1 Å². The van der Waals surface area contributed by atoms with Crippen LogP contribution in [0, 0.1) is 0 Å². The molecule has 0 aliphatic heterocycles. The van der Waals surface area contributed by atoms with Crippen molar-refractivity contribution in [1.82, 2.24) is 24.1 Å². The minimum atomic E-state index is -0.0797. The Balaban J connectivity index is 0.000000139. The number of hydrogen-bond acceptors (Lipinski definition) is 4. The zero-order chi connectivity index (χ0) is 76.7. The highest BCUT2D eigenvalue weighted by Gasteiger charge is 2.36. The second kappa shape index (κ2) is 26.5. The Morgan fingerprint density at radius 1 is 0.207 bits per heavy atom. The van der Waals surface area contributed by atoms with Gasteiger partial charge in [-0.1, -0.05) is 317 Å². The van der Waals surface area contributed by atoms with E-state index in [0.717, 1.165) is 45.1 Å². The normalized spacial score (nSPS) is 12.5. The lowest BCUT2D eigenvalue weighted by atomic mass is 9.82. The van der Waals surface area contributed by atoms with E-state index in [0.29, 0.717) is 17.5 Å². The summed E-state index contributed by atoms with van der Waals surface area (Å²) < 4.78 is 4.93. The highest BCUT2D eigenvalue weighted by atomic mass is 15.1. The Labute approximate surface area is 672 Å². The third-order valence-corrected chi connectivity index (χ3v) is 24.5. The molecule has 542 valence electrons. The molecular formula is C110H72N6. The van der Waals surface area contributed by atoms with Crippen molar-refractivity contribution >= 4 is 82.2 Å². The zero-order valence-corrected chi connectivity index (χ0v) is 63.8. The van der Waals surface area contributed by atoms with Crippen molar-refractivity contribution in [3.05, 3.63) is 412 Å². The maximum absolute atomic E-state index is 4.99. The van der Waals surface area contributed by atoms with E-state index in [1.807, 2.05) is 60.7 Å². The van der Waals surface area contributed by atoms with Crippen molar-refractivity contribution in [3.63, 3.8) is 0 Å². The number of fused-ring (bicyclic) bond motifs is 9. The third kappa shape index (κ3) is 10.5. The lowest BCUT2D eigenvalue weighted by Crippen LogP contribution is -2.16. The zero-order valence-electron chi connectivity index (χ0n) is 63.8. The van der Waals surface area contributed by atoms with Gasteiger partial charge in [-0.05, 0) is 208 Å². The largest absolute Gasteiger partial charge is 0.310 e. The van der Waals surface area contributed by atoms with Crippen LogP contribution in [0.15, 0.2) is 400 Å². The van der Waals surface area contributed by atoms with Crippen LogP contribution in [0.1, 0.15) is 25.0 Å². The van der Waals surface area contributed by atoms with Crippen molar-refractivity contribution in [2.45, 2.75) is 19.3 Å². The molecule has 6 nitrogen and oxygen atoms in total. The summed E-state index contributed by atoms with van der Waals surface area (Å²) in [5, 5.41) is 10.4. The minimum Gasteiger partial charge on any atom is -0.310 e. The van der Waals surface area contributed by atoms with Crippen LogP contribution >= 0.6 is 0 Å². The topological polar surface area (TPSA) is 51.8 Å². The molecule has 0 radical (unpaired) electrons. The monoisotopic (exact) mass is 1480 g/mol. The Morgan fingerprint density at radius 2 is 0.534 bits per heavy atom. The van der Waals surface area contributed by atoms with Crippen molar-refractivity contribution < 1.29 is 0 Å². The molecule has 6 heteroatoms. The summed E-state index contributed by atoms with van der Waals surface area (Å²) in [6.45, 7) is 4.70. The van der Waals surface area contributed by atoms with Gasteiger partial charge < -0.3 is 14.0 Å². The molecule has 0 saturated heterocycles. The molecule has 0 unspecified atom stereocenters. The van der Waals surface area contributed by atoms with Crippen LogP contribution < -0.4 is 4.90 Å². The van der Waals surface area contributed by atoms with Gasteiger partial charge in [-0.25, -0.2) is 15.0 Å². The molecule has 21 aromatic rings. The Bertz CT molecular complexity index is 7480. The molecule has 0 fully saturated rings. The third-order valence-electron chi connectivity index (χ3n) is 24.5. The number of anilines is 3. The maximum Gasteiger partial charge on any atom is 0.164 e. The molecule has 0 bridgehead atoms. The van der Waals surface area contributed by atoms with E-state index < -0.39 is 0 Å². The molecule has 3 heterocycles. The average molecular weight is 1480 g/mol. The summed E-state index contributed by atoms with van der Waals surface area (Å²) in [7, 11) is 0. The molecule has 0 N–H and O–H groups in total. The smallest absolute Gasteiger partial charge is 0.164 e. The van der Waals surface area contributed by atoms with Gasteiger partial charge >= 0.3 is 0 Å². The molecule has 0 amide bonds. The lowest BCUT2D eigenvalue weighted by Gasteiger charge is -2.28. The molecular weight excluding hydrogens is 1410 g/mol. The van der Waals surface area contributed by atoms with E-state index in [-0.39, 0.29) is 5.41 Å². The first-order valence-electron chi connectivity index (χ1n) is 40.0. The molecule has 18 aromatic carbocycles.